The van der Waals surface area contributed by atoms with Crippen LogP contribution in [0.25, 0.3) is 0 Å². The fourth-order valence-electron chi connectivity index (χ4n) is 0.526. The number of aliphatic hydroxyl groups excluding tert-OH is 1. The van der Waals surface area contributed by atoms with Gasteiger partial charge in [0, 0.05) is 40.0 Å². The summed E-state index contributed by atoms with van der Waals surface area (Å²) in [6.07, 6.45) is 2.07. The zero-order chi connectivity index (χ0) is 18.7. The summed E-state index contributed by atoms with van der Waals surface area (Å²) in [6, 6.07) is 0. The molecule has 0 aromatic rings. The first-order valence-corrected chi connectivity index (χ1v) is 4.33. The maximum atomic E-state index is 9.10. The van der Waals surface area contributed by atoms with E-state index in [1.165, 1.54) is 0 Å². The van der Waals surface area contributed by atoms with Crippen molar-refractivity contribution < 1.29 is 71.7 Å². The minimum atomic E-state index is -0.671. The third-order valence-corrected chi connectivity index (χ3v) is 1.28. The number of aliphatic hydroxyl groups is 2. The quantitative estimate of drug-likeness (QED) is 0.343. The molecule has 0 aromatic carbocycles. The average molecular weight is 412 g/mol. The third kappa shape index (κ3) is 76.1. The molecule has 0 heterocycles. The van der Waals surface area contributed by atoms with Crippen molar-refractivity contribution in [2.75, 3.05) is 6.61 Å². The predicted molar refractivity (Wildman–Crippen MR) is 57.2 cm³/mol. The summed E-state index contributed by atoms with van der Waals surface area (Å²) in [5.41, 5.74) is -0.671. The van der Waals surface area contributed by atoms with Crippen LogP contribution in [0.2, 0.25) is 0 Å². The SMILES string of the molecule is OCCC#CC1(O)CC1.[C-]#[O+].[C-]#[O+].[C-]#[O+].[C-]#[O+].[C-]#[O+].[C-]#[O+].[Co].[Co]. The second-order valence-electron chi connectivity index (χ2n) is 2.31. The molecule has 1 aliphatic carbocycles. The van der Waals surface area contributed by atoms with Gasteiger partial charge in [0.1, 0.15) is 5.60 Å². The molecule has 0 atom stereocenters. The smallest absolute Gasteiger partial charge is 0 e. The Balaban J connectivity index is -0.0000000232. The fraction of sp³-hybridized carbons (Fsp3) is 0.385. The molecule has 0 unspecified atom stereocenters. The molecule has 0 spiro atoms. The van der Waals surface area contributed by atoms with E-state index in [1.54, 1.807) is 0 Å². The zero-order valence-electron chi connectivity index (χ0n) is 11.3. The van der Waals surface area contributed by atoms with Crippen molar-refractivity contribution >= 4 is 0 Å². The molecule has 0 saturated heterocycles. The van der Waals surface area contributed by atoms with Gasteiger partial charge in [0.05, 0.1) is 6.61 Å². The van der Waals surface area contributed by atoms with Crippen molar-refractivity contribution in [1.82, 2.24) is 0 Å². The Morgan fingerprint density at radius 3 is 1.17 bits per heavy atom. The van der Waals surface area contributed by atoms with Crippen molar-refractivity contribution in [3.05, 3.63) is 39.9 Å². The third-order valence-electron chi connectivity index (χ3n) is 1.28. The van der Waals surface area contributed by atoms with Gasteiger partial charge < -0.3 is 10.2 Å². The molecule has 2 radical (unpaired) electrons. The summed E-state index contributed by atoms with van der Waals surface area (Å²) in [5, 5.41) is 17.4. The predicted octanol–water partition coefficient (Wildman–Crippen LogP) is -0.333. The molecule has 2 N–H and O–H groups in total. The Labute approximate surface area is 155 Å². The van der Waals surface area contributed by atoms with E-state index in [0.717, 1.165) is 12.8 Å². The second-order valence-corrected chi connectivity index (χ2v) is 2.31. The van der Waals surface area contributed by atoms with E-state index in [2.05, 4.69) is 51.7 Å². The largest absolute Gasteiger partial charge is 0 e. The first kappa shape index (κ1) is 49.5. The van der Waals surface area contributed by atoms with Gasteiger partial charge >= 0.3 is 67.8 Å². The van der Waals surface area contributed by atoms with Gasteiger partial charge in [-0.05, 0) is 12.8 Å². The van der Waals surface area contributed by atoms with Crippen LogP contribution < -0.4 is 0 Å². The van der Waals surface area contributed by atoms with Gasteiger partial charge in [-0.2, -0.15) is 0 Å². The Kier molecular flexibility index (Phi) is 150. The van der Waals surface area contributed by atoms with Crippen molar-refractivity contribution in [2.24, 2.45) is 0 Å². The molecule has 128 valence electrons. The van der Waals surface area contributed by atoms with Crippen LogP contribution in [-0.2, 0) is 61.5 Å². The first-order valence-electron chi connectivity index (χ1n) is 4.33. The van der Waals surface area contributed by atoms with Gasteiger partial charge in [0.15, 0.2) is 0 Å². The van der Waals surface area contributed by atoms with Crippen LogP contribution in [0.1, 0.15) is 19.3 Å². The molecular formula is C13H10Co2O8. The maximum absolute atomic E-state index is 9.10. The summed E-state index contributed by atoms with van der Waals surface area (Å²) in [5.74, 6) is 5.37. The first-order chi connectivity index (χ1) is 10.3. The molecule has 0 bridgehead atoms. The van der Waals surface area contributed by atoms with Crippen LogP contribution in [0.5, 0.6) is 0 Å². The Hall–Kier alpha value is -1.07. The Morgan fingerprint density at radius 1 is 0.739 bits per heavy atom. The van der Waals surface area contributed by atoms with Crippen LogP contribution in [0, 0.1) is 51.7 Å². The molecule has 23 heavy (non-hydrogen) atoms. The summed E-state index contributed by atoms with van der Waals surface area (Å²) in [6.45, 7) is 27.1. The molecular weight excluding hydrogens is 402 g/mol. The van der Waals surface area contributed by atoms with Crippen LogP contribution >= 0.6 is 0 Å². The minimum absolute atomic E-state index is 0. The van der Waals surface area contributed by atoms with Gasteiger partial charge in [-0.15, -0.1) is 0 Å². The summed E-state index contributed by atoms with van der Waals surface area (Å²) >= 11 is 0. The molecule has 1 rings (SSSR count). The molecule has 8 nitrogen and oxygen atoms in total. The van der Waals surface area contributed by atoms with E-state index in [0.29, 0.717) is 6.42 Å². The second kappa shape index (κ2) is 69.6. The van der Waals surface area contributed by atoms with E-state index in [9.17, 15) is 0 Å². The van der Waals surface area contributed by atoms with E-state index in [4.69, 9.17) is 38.1 Å². The average Bonchev–Trinajstić information content (AvgIpc) is 3.36. The van der Waals surface area contributed by atoms with Gasteiger partial charge in [-0.3, -0.25) is 0 Å². The van der Waals surface area contributed by atoms with Crippen molar-refractivity contribution in [3.63, 3.8) is 0 Å². The molecule has 0 aliphatic heterocycles. The molecule has 1 saturated carbocycles. The zero-order valence-corrected chi connectivity index (χ0v) is 13.4. The van der Waals surface area contributed by atoms with Crippen LogP contribution in [0.15, 0.2) is 0 Å². The van der Waals surface area contributed by atoms with Gasteiger partial charge in [-0.25, -0.2) is 0 Å². The van der Waals surface area contributed by atoms with Gasteiger partial charge in [-0.1, -0.05) is 11.8 Å². The van der Waals surface area contributed by atoms with Crippen molar-refractivity contribution in [2.45, 2.75) is 24.9 Å². The van der Waals surface area contributed by atoms with Gasteiger partial charge in [0.25, 0.3) is 0 Å². The van der Waals surface area contributed by atoms with E-state index in [1.807, 2.05) is 0 Å². The van der Waals surface area contributed by atoms with Crippen LogP contribution in [-0.4, -0.2) is 22.4 Å². The number of hydrogen-bond donors (Lipinski definition) is 2. The van der Waals surface area contributed by atoms with E-state index >= 15 is 0 Å². The molecule has 0 amide bonds. The summed E-state index contributed by atoms with van der Waals surface area (Å²) < 4.78 is 45.0. The Morgan fingerprint density at radius 2 is 1.00 bits per heavy atom. The summed E-state index contributed by atoms with van der Waals surface area (Å²) in [4.78, 5) is 0. The molecule has 1 fully saturated rings. The minimum Gasteiger partial charge on any atom is 0 e. The van der Waals surface area contributed by atoms with Crippen LogP contribution in [0.3, 0.4) is 0 Å². The van der Waals surface area contributed by atoms with Gasteiger partial charge in [0.2, 0.25) is 0 Å². The number of rotatable bonds is 1. The monoisotopic (exact) mass is 412 g/mol. The Bertz CT molecular complexity index is 320. The van der Waals surface area contributed by atoms with Crippen molar-refractivity contribution in [1.29, 1.82) is 0 Å². The van der Waals surface area contributed by atoms with E-state index < -0.39 is 5.60 Å². The number of hydrogen-bond acceptors (Lipinski definition) is 2. The van der Waals surface area contributed by atoms with Crippen LogP contribution in [0.4, 0.5) is 0 Å². The summed E-state index contributed by atoms with van der Waals surface area (Å²) in [7, 11) is 0. The molecule has 10 heteroatoms. The topological polar surface area (TPSA) is 160 Å². The molecule has 1 aliphatic rings. The standard InChI is InChI=1S/C7H10O2.6CO.2Co/c8-6-2-1-3-7(9)4-5-7;6*1-2;;/h8-9H,2,4-6H2;;;;;;;;. The normalized spacial score (nSPS) is 8.43. The molecule has 0 aromatic heterocycles. The van der Waals surface area contributed by atoms with Crippen molar-refractivity contribution in [3.8, 4) is 11.8 Å². The van der Waals surface area contributed by atoms with E-state index in [-0.39, 0.29) is 40.2 Å². The maximum Gasteiger partial charge on any atom is 0 e. The fourth-order valence-corrected chi connectivity index (χ4v) is 0.526.